The Balaban J connectivity index is 3.29. The Bertz CT molecular complexity index is 425. The molecule has 0 aliphatic heterocycles. The number of likely N-dealkylation sites (N-methyl/N-ethyl adjacent to an activating group) is 1. The maximum atomic E-state index is 11.9. The van der Waals surface area contributed by atoms with Crippen LogP contribution in [0, 0.1) is 0 Å². The van der Waals surface area contributed by atoms with Crippen LogP contribution in [0.3, 0.4) is 0 Å². The van der Waals surface area contributed by atoms with Crippen molar-refractivity contribution in [2.45, 2.75) is 122 Å². The Morgan fingerprint density at radius 2 is 1.03 bits per heavy atom. The van der Waals surface area contributed by atoms with E-state index < -0.39 is 5.97 Å². The van der Waals surface area contributed by atoms with E-state index in [9.17, 15) is 9.59 Å². The fourth-order valence-electron chi connectivity index (χ4n) is 3.82. The molecule has 0 aromatic rings. The SMILES string of the molecule is CCCCCCCCCCCCCCCCCCCC(=O)NC[N+](C)(C)CC(=O)O. The van der Waals surface area contributed by atoms with E-state index in [0.29, 0.717) is 13.1 Å². The second-order valence-electron chi connectivity index (χ2n) is 9.65. The molecule has 0 radical (unpaired) electrons. The van der Waals surface area contributed by atoms with Crippen molar-refractivity contribution in [3.63, 3.8) is 0 Å². The molecule has 5 heteroatoms. The van der Waals surface area contributed by atoms with Gasteiger partial charge < -0.3 is 14.9 Å². The zero-order valence-corrected chi connectivity index (χ0v) is 20.4. The first kappa shape index (κ1) is 28.9. The van der Waals surface area contributed by atoms with Crippen molar-refractivity contribution in [2.24, 2.45) is 0 Å². The number of carboxylic acids is 1. The van der Waals surface area contributed by atoms with Gasteiger partial charge in [0, 0.05) is 6.42 Å². The molecule has 5 nitrogen and oxygen atoms in total. The summed E-state index contributed by atoms with van der Waals surface area (Å²) in [6.07, 6.45) is 23.3. The molecule has 178 valence electrons. The van der Waals surface area contributed by atoms with Crippen LogP contribution in [0.15, 0.2) is 0 Å². The third-order valence-electron chi connectivity index (χ3n) is 5.77. The molecule has 0 aromatic carbocycles. The van der Waals surface area contributed by atoms with Gasteiger partial charge in [0.25, 0.3) is 0 Å². The minimum atomic E-state index is -0.845. The number of unbranched alkanes of at least 4 members (excludes halogenated alkanes) is 16. The molecule has 0 saturated carbocycles. The number of amides is 1. The average molecular weight is 428 g/mol. The molecule has 1 amide bonds. The quantitative estimate of drug-likeness (QED) is 0.122. The highest BCUT2D eigenvalue weighted by Crippen LogP contribution is 2.14. The van der Waals surface area contributed by atoms with Crippen molar-refractivity contribution in [3.05, 3.63) is 0 Å². The molecule has 0 rings (SSSR count). The molecule has 0 heterocycles. The molecule has 0 fully saturated rings. The minimum Gasteiger partial charge on any atom is -0.477 e. The third kappa shape index (κ3) is 21.6. The van der Waals surface area contributed by atoms with Crippen molar-refractivity contribution >= 4 is 11.9 Å². The van der Waals surface area contributed by atoms with Crippen LogP contribution in [0.1, 0.15) is 122 Å². The summed E-state index contributed by atoms with van der Waals surface area (Å²) in [5.74, 6) is -0.810. The number of rotatable bonds is 22. The summed E-state index contributed by atoms with van der Waals surface area (Å²) in [6.45, 7) is 2.65. The molecule has 0 aliphatic rings. The topological polar surface area (TPSA) is 66.4 Å². The lowest BCUT2D eigenvalue weighted by Gasteiger charge is -2.27. The number of hydrogen-bond acceptors (Lipinski definition) is 2. The molecular weight excluding hydrogens is 376 g/mol. The van der Waals surface area contributed by atoms with Crippen molar-refractivity contribution < 1.29 is 19.2 Å². The Morgan fingerprint density at radius 3 is 1.40 bits per heavy atom. The fraction of sp³-hybridized carbons (Fsp3) is 0.920. The molecule has 2 N–H and O–H groups in total. The van der Waals surface area contributed by atoms with E-state index in [1.54, 1.807) is 0 Å². The predicted molar refractivity (Wildman–Crippen MR) is 126 cm³/mol. The van der Waals surface area contributed by atoms with E-state index in [4.69, 9.17) is 5.11 Å². The van der Waals surface area contributed by atoms with Crippen LogP contribution in [0.25, 0.3) is 0 Å². The second kappa shape index (κ2) is 19.8. The lowest BCUT2D eigenvalue weighted by molar-refractivity contribution is -0.884. The van der Waals surface area contributed by atoms with Gasteiger partial charge in [-0.05, 0) is 6.42 Å². The largest absolute Gasteiger partial charge is 0.477 e. The molecule has 0 aliphatic carbocycles. The molecule has 30 heavy (non-hydrogen) atoms. The van der Waals surface area contributed by atoms with Gasteiger partial charge in [-0.1, -0.05) is 110 Å². The highest BCUT2D eigenvalue weighted by atomic mass is 16.4. The van der Waals surface area contributed by atoms with Gasteiger partial charge in [0.1, 0.15) is 0 Å². The standard InChI is InChI=1S/C25H50N2O3/c1-4-5-6-7-8-9-10-11-12-13-14-15-16-17-18-19-20-21-24(28)26-23-27(2,3)22-25(29)30/h4-23H2,1-3H3,(H-,26,28,29,30)/p+1. The Morgan fingerprint density at radius 1 is 0.667 bits per heavy atom. The smallest absolute Gasteiger partial charge is 0.359 e. The maximum Gasteiger partial charge on any atom is 0.359 e. The maximum absolute atomic E-state index is 11.9. The van der Waals surface area contributed by atoms with Crippen molar-refractivity contribution in [1.29, 1.82) is 0 Å². The van der Waals surface area contributed by atoms with Gasteiger partial charge in [-0.15, -0.1) is 0 Å². The van der Waals surface area contributed by atoms with E-state index in [2.05, 4.69) is 12.2 Å². The van der Waals surface area contributed by atoms with Crippen LogP contribution >= 0.6 is 0 Å². The lowest BCUT2D eigenvalue weighted by atomic mass is 10.0. The number of aliphatic carboxylic acids is 1. The van der Waals surface area contributed by atoms with E-state index >= 15 is 0 Å². The first-order valence-corrected chi connectivity index (χ1v) is 12.7. The van der Waals surface area contributed by atoms with Gasteiger partial charge in [-0.25, -0.2) is 4.79 Å². The number of nitrogens with zero attached hydrogens (tertiary/aromatic N) is 1. The summed E-state index contributed by atoms with van der Waals surface area (Å²) in [6, 6.07) is 0. The van der Waals surface area contributed by atoms with Crippen molar-refractivity contribution in [3.8, 4) is 0 Å². The van der Waals surface area contributed by atoms with Crippen LogP contribution in [0.5, 0.6) is 0 Å². The van der Waals surface area contributed by atoms with Crippen LogP contribution in [-0.4, -0.2) is 48.8 Å². The Hall–Kier alpha value is -1.10. The number of quaternary nitrogens is 1. The van der Waals surface area contributed by atoms with Crippen LogP contribution in [0.4, 0.5) is 0 Å². The minimum absolute atomic E-state index is 0.0133. The summed E-state index contributed by atoms with van der Waals surface area (Å²) in [7, 11) is 3.62. The number of nitrogens with one attached hydrogen (secondary N) is 1. The van der Waals surface area contributed by atoms with E-state index in [0.717, 1.165) is 12.8 Å². The first-order chi connectivity index (χ1) is 14.4. The zero-order chi connectivity index (χ0) is 22.5. The fourth-order valence-corrected chi connectivity index (χ4v) is 3.82. The highest BCUT2D eigenvalue weighted by Gasteiger charge is 2.19. The number of hydrogen-bond donors (Lipinski definition) is 2. The van der Waals surface area contributed by atoms with E-state index in [-0.39, 0.29) is 16.9 Å². The molecule has 0 atom stereocenters. The number of carbonyl (C=O) groups is 2. The summed E-state index contributed by atoms with van der Waals surface area (Å²) in [4.78, 5) is 22.6. The Labute approximate surface area is 186 Å². The molecular formula is C25H51N2O3+. The third-order valence-corrected chi connectivity index (χ3v) is 5.77. The van der Waals surface area contributed by atoms with E-state index in [1.165, 1.54) is 96.3 Å². The summed E-state index contributed by atoms with van der Waals surface area (Å²) < 4.78 is 0.264. The average Bonchev–Trinajstić information content (AvgIpc) is 2.68. The van der Waals surface area contributed by atoms with E-state index in [1.807, 2.05) is 14.1 Å². The second-order valence-corrected chi connectivity index (χ2v) is 9.65. The van der Waals surface area contributed by atoms with Gasteiger partial charge in [-0.3, -0.25) is 4.79 Å². The first-order valence-electron chi connectivity index (χ1n) is 12.7. The zero-order valence-electron chi connectivity index (χ0n) is 20.4. The lowest BCUT2D eigenvalue weighted by Crippen LogP contribution is -2.50. The van der Waals surface area contributed by atoms with Crippen LogP contribution in [-0.2, 0) is 9.59 Å². The molecule has 0 spiro atoms. The monoisotopic (exact) mass is 427 g/mol. The number of carbonyl (C=O) groups excluding carboxylic acids is 1. The van der Waals surface area contributed by atoms with Gasteiger partial charge in [-0.2, -0.15) is 0 Å². The highest BCUT2D eigenvalue weighted by molar-refractivity contribution is 5.75. The predicted octanol–water partition coefficient (Wildman–Crippen LogP) is 6.26. The summed E-state index contributed by atoms with van der Waals surface area (Å²) in [5.41, 5.74) is 0. The van der Waals surface area contributed by atoms with Gasteiger partial charge in [0.2, 0.25) is 5.91 Å². The van der Waals surface area contributed by atoms with Gasteiger partial charge in [0.15, 0.2) is 13.2 Å². The van der Waals surface area contributed by atoms with Gasteiger partial charge >= 0.3 is 5.97 Å². The molecule has 0 aromatic heterocycles. The normalized spacial score (nSPS) is 11.6. The van der Waals surface area contributed by atoms with Crippen molar-refractivity contribution in [2.75, 3.05) is 27.3 Å². The Kier molecular flexibility index (Phi) is 19.1. The summed E-state index contributed by atoms with van der Waals surface area (Å²) in [5, 5.41) is 11.7. The van der Waals surface area contributed by atoms with Crippen LogP contribution in [0.2, 0.25) is 0 Å². The van der Waals surface area contributed by atoms with Crippen LogP contribution < -0.4 is 5.32 Å². The number of carboxylic acid groups (broad SMARTS) is 1. The summed E-state index contributed by atoms with van der Waals surface area (Å²) >= 11 is 0. The molecule has 0 saturated heterocycles. The molecule has 0 bridgehead atoms. The van der Waals surface area contributed by atoms with Gasteiger partial charge in [0.05, 0.1) is 14.1 Å². The molecule has 0 unspecified atom stereocenters. The van der Waals surface area contributed by atoms with Crippen molar-refractivity contribution in [1.82, 2.24) is 5.32 Å².